The van der Waals surface area contributed by atoms with E-state index in [1.807, 2.05) is 6.92 Å². The summed E-state index contributed by atoms with van der Waals surface area (Å²) in [5, 5.41) is 31.2. The van der Waals surface area contributed by atoms with Crippen LogP contribution in [0.15, 0.2) is 12.7 Å². The molecule has 4 N–H and O–H groups in total. The number of rotatable bonds is 3. The zero-order valence-corrected chi connectivity index (χ0v) is 8.88. The Bertz CT molecular complexity index is 171. The molecule has 0 aromatic carbocycles. The predicted molar refractivity (Wildman–Crippen MR) is 54.3 cm³/mol. The van der Waals surface area contributed by atoms with Gasteiger partial charge in [0, 0.05) is 13.0 Å². The number of aliphatic hydroxyl groups excluding tert-OH is 1. The molecule has 0 aromatic heterocycles. The van der Waals surface area contributed by atoms with Gasteiger partial charge in [-0.3, -0.25) is 4.79 Å². The average molecular weight is 222 g/mol. The summed E-state index contributed by atoms with van der Waals surface area (Å²) >= 11 is 0. The van der Waals surface area contributed by atoms with Gasteiger partial charge in [0.2, 0.25) is 0 Å². The van der Waals surface area contributed by atoms with Crippen LogP contribution in [-0.4, -0.2) is 38.7 Å². The third-order valence-electron chi connectivity index (χ3n) is 0.721. The molecule has 6 heteroatoms. The molecule has 0 aliphatic rings. The molecule has 0 unspecified atom stereocenters. The lowest BCUT2D eigenvalue weighted by Crippen LogP contribution is -2.01. The Morgan fingerprint density at radius 2 is 1.60 bits per heavy atom. The SMILES string of the molecule is C=CC(=O)O.CC(=O)O.CCCC(O)O. The minimum absolute atomic E-state index is 0.486. The van der Waals surface area contributed by atoms with Crippen LogP contribution in [-0.2, 0) is 9.59 Å². The Morgan fingerprint density at radius 3 is 1.60 bits per heavy atom. The van der Waals surface area contributed by atoms with E-state index < -0.39 is 18.2 Å². The highest BCUT2D eigenvalue weighted by Crippen LogP contribution is 1.88. The molecular formula is C9H18O6. The fourth-order valence-corrected chi connectivity index (χ4v) is 0.258. The van der Waals surface area contributed by atoms with E-state index in [-0.39, 0.29) is 0 Å². The third-order valence-corrected chi connectivity index (χ3v) is 0.721. The Hall–Kier alpha value is -1.40. The average Bonchev–Trinajstić information content (AvgIpc) is 2.03. The molecule has 0 atom stereocenters. The lowest BCUT2D eigenvalue weighted by Gasteiger charge is -1.94. The topological polar surface area (TPSA) is 115 Å². The van der Waals surface area contributed by atoms with Crippen molar-refractivity contribution >= 4 is 11.9 Å². The summed E-state index contributed by atoms with van der Waals surface area (Å²) in [4.78, 5) is 18.2. The molecule has 0 aliphatic heterocycles. The summed E-state index contributed by atoms with van der Waals surface area (Å²) in [6.07, 6.45) is 1.05. The fraction of sp³-hybridized carbons (Fsp3) is 0.556. The van der Waals surface area contributed by atoms with Gasteiger partial charge in [0.05, 0.1) is 0 Å². The van der Waals surface area contributed by atoms with E-state index in [1.165, 1.54) is 0 Å². The van der Waals surface area contributed by atoms with Crippen molar-refractivity contribution in [2.75, 3.05) is 0 Å². The van der Waals surface area contributed by atoms with Crippen LogP contribution in [0.25, 0.3) is 0 Å². The summed E-state index contributed by atoms with van der Waals surface area (Å²) in [7, 11) is 0. The summed E-state index contributed by atoms with van der Waals surface area (Å²) in [5.41, 5.74) is 0. The number of carbonyl (C=O) groups is 2. The summed E-state index contributed by atoms with van der Waals surface area (Å²) in [5.74, 6) is -1.81. The maximum atomic E-state index is 9.25. The Morgan fingerprint density at radius 1 is 1.33 bits per heavy atom. The van der Waals surface area contributed by atoms with Crippen LogP contribution in [0.4, 0.5) is 0 Å². The molecule has 0 saturated carbocycles. The van der Waals surface area contributed by atoms with Gasteiger partial charge in [-0.1, -0.05) is 19.9 Å². The van der Waals surface area contributed by atoms with E-state index in [9.17, 15) is 4.79 Å². The van der Waals surface area contributed by atoms with Crippen molar-refractivity contribution in [1.29, 1.82) is 0 Å². The van der Waals surface area contributed by atoms with Gasteiger partial charge >= 0.3 is 5.97 Å². The number of hydrogen-bond acceptors (Lipinski definition) is 4. The first-order valence-corrected chi connectivity index (χ1v) is 4.18. The number of hydrogen-bond donors (Lipinski definition) is 4. The van der Waals surface area contributed by atoms with Crippen molar-refractivity contribution in [3.8, 4) is 0 Å². The van der Waals surface area contributed by atoms with Crippen molar-refractivity contribution < 1.29 is 30.0 Å². The molecule has 0 fully saturated rings. The van der Waals surface area contributed by atoms with Crippen LogP contribution in [0.1, 0.15) is 26.7 Å². The smallest absolute Gasteiger partial charge is 0.327 e. The monoisotopic (exact) mass is 222 g/mol. The molecule has 0 bridgehead atoms. The van der Waals surface area contributed by atoms with Gasteiger partial charge in [0.25, 0.3) is 5.97 Å². The first-order chi connectivity index (χ1) is 6.77. The quantitative estimate of drug-likeness (QED) is 0.407. The maximum absolute atomic E-state index is 9.25. The molecule has 0 aliphatic carbocycles. The van der Waals surface area contributed by atoms with Crippen molar-refractivity contribution in [3.63, 3.8) is 0 Å². The molecule has 15 heavy (non-hydrogen) atoms. The molecule has 0 rings (SSSR count). The van der Waals surface area contributed by atoms with Gasteiger partial charge in [0.15, 0.2) is 6.29 Å². The van der Waals surface area contributed by atoms with E-state index >= 15 is 0 Å². The minimum atomic E-state index is -1.10. The molecule has 0 aromatic rings. The highest BCUT2D eigenvalue weighted by Gasteiger charge is 1.89. The molecule has 0 amide bonds. The third kappa shape index (κ3) is 109. The van der Waals surface area contributed by atoms with Crippen LogP contribution in [0.5, 0.6) is 0 Å². The highest BCUT2D eigenvalue weighted by molar-refractivity contribution is 5.78. The molecule has 0 spiro atoms. The van der Waals surface area contributed by atoms with Crippen molar-refractivity contribution in [2.45, 2.75) is 33.0 Å². The zero-order valence-electron chi connectivity index (χ0n) is 8.88. The lowest BCUT2D eigenvalue weighted by molar-refractivity contribution is -0.134. The van der Waals surface area contributed by atoms with Gasteiger partial charge in [-0.2, -0.15) is 0 Å². The van der Waals surface area contributed by atoms with Gasteiger partial charge in [0.1, 0.15) is 0 Å². The van der Waals surface area contributed by atoms with Gasteiger partial charge in [-0.25, -0.2) is 4.79 Å². The number of aliphatic carboxylic acids is 2. The van der Waals surface area contributed by atoms with Crippen LogP contribution in [0.3, 0.4) is 0 Å². The van der Waals surface area contributed by atoms with E-state index in [0.29, 0.717) is 6.42 Å². The van der Waals surface area contributed by atoms with Crippen LogP contribution < -0.4 is 0 Å². The number of carboxylic acid groups (broad SMARTS) is 2. The number of aliphatic hydroxyl groups is 2. The lowest BCUT2D eigenvalue weighted by atomic mass is 10.3. The summed E-state index contributed by atoms with van der Waals surface area (Å²) in [6.45, 7) is 5.95. The maximum Gasteiger partial charge on any atom is 0.327 e. The van der Waals surface area contributed by atoms with Crippen LogP contribution >= 0.6 is 0 Å². The molecule has 0 heterocycles. The first kappa shape index (κ1) is 19.2. The van der Waals surface area contributed by atoms with Gasteiger partial charge in [-0.15, -0.1) is 0 Å². The van der Waals surface area contributed by atoms with E-state index in [2.05, 4.69) is 6.58 Å². The van der Waals surface area contributed by atoms with Gasteiger partial charge in [-0.05, 0) is 6.42 Å². The molecular weight excluding hydrogens is 204 g/mol. The second-order valence-electron chi connectivity index (χ2n) is 2.33. The predicted octanol–water partition coefficient (Wildman–Crippen LogP) is 0.445. The molecule has 0 saturated heterocycles. The minimum Gasteiger partial charge on any atom is -0.481 e. The fourth-order valence-electron chi connectivity index (χ4n) is 0.258. The highest BCUT2D eigenvalue weighted by atomic mass is 16.5. The van der Waals surface area contributed by atoms with Crippen molar-refractivity contribution in [1.82, 2.24) is 0 Å². The molecule has 0 radical (unpaired) electrons. The Labute approximate surface area is 88.5 Å². The van der Waals surface area contributed by atoms with E-state index in [1.54, 1.807) is 0 Å². The van der Waals surface area contributed by atoms with Crippen molar-refractivity contribution in [2.24, 2.45) is 0 Å². The molecule has 6 nitrogen and oxygen atoms in total. The Balaban J connectivity index is -0.000000147. The second kappa shape index (κ2) is 15.1. The van der Waals surface area contributed by atoms with E-state index in [0.717, 1.165) is 19.4 Å². The van der Waals surface area contributed by atoms with Crippen LogP contribution in [0.2, 0.25) is 0 Å². The first-order valence-electron chi connectivity index (χ1n) is 4.18. The summed E-state index contributed by atoms with van der Waals surface area (Å²) < 4.78 is 0. The van der Waals surface area contributed by atoms with Gasteiger partial charge < -0.3 is 20.4 Å². The number of carboxylic acids is 2. The molecule has 90 valence electrons. The van der Waals surface area contributed by atoms with E-state index in [4.69, 9.17) is 25.2 Å². The summed E-state index contributed by atoms with van der Waals surface area (Å²) in [6, 6.07) is 0. The standard InChI is InChI=1S/C4H10O2.C3H4O2.C2H4O2/c1-2-3-4(5)6;1-2-3(4)5;1-2(3)4/h4-6H,2-3H2,1H3;2H,1H2,(H,4,5);1H3,(H,3,4). The zero-order chi connectivity index (χ0) is 12.9. The Kier molecular flexibility index (Phi) is 19.3. The van der Waals surface area contributed by atoms with Crippen LogP contribution in [0, 0.1) is 0 Å². The van der Waals surface area contributed by atoms with Crippen molar-refractivity contribution in [3.05, 3.63) is 12.7 Å². The normalized spacial score (nSPS) is 7.80. The largest absolute Gasteiger partial charge is 0.481 e. The second-order valence-corrected chi connectivity index (χ2v) is 2.33.